The van der Waals surface area contributed by atoms with Gasteiger partial charge in [-0.05, 0) is 6.42 Å². The van der Waals surface area contributed by atoms with Crippen LogP contribution in [0.15, 0.2) is 12.4 Å². The molecule has 92 valence electrons. The fourth-order valence-corrected chi connectivity index (χ4v) is 2.02. The summed E-state index contributed by atoms with van der Waals surface area (Å²) in [5.74, 6) is 0.328. The Labute approximate surface area is 98.9 Å². The van der Waals surface area contributed by atoms with Crippen molar-refractivity contribution in [3.05, 3.63) is 23.0 Å². The molecule has 0 saturated heterocycles. The van der Waals surface area contributed by atoms with Crippen LogP contribution < -0.4 is 5.73 Å². The van der Waals surface area contributed by atoms with Crippen molar-refractivity contribution in [1.29, 1.82) is 0 Å². The molecule has 17 heavy (non-hydrogen) atoms. The first kappa shape index (κ1) is 11.9. The van der Waals surface area contributed by atoms with Gasteiger partial charge in [-0.3, -0.25) is 0 Å². The number of nitrogens with two attached hydrogens (primary N) is 1. The highest BCUT2D eigenvalue weighted by Gasteiger charge is 2.34. The van der Waals surface area contributed by atoms with Crippen molar-refractivity contribution in [2.75, 3.05) is 5.73 Å². The third-order valence-corrected chi connectivity index (χ3v) is 3.20. The number of nitrogen functional groups attached to an aromatic ring is 1. The van der Waals surface area contributed by atoms with Crippen LogP contribution in [-0.4, -0.2) is 14.8 Å². The van der Waals surface area contributed by atoms with Gasteiger partial charge in [0, 0.05) is 11.8 Å². The molecule has 0 aromatic carbocycles. The number of hydrogen-bond acceptors (Lipinski definition) is 4. The molecule has 2 rings (SSSR count). The third kappa shape index (κ3) is 2.26. The number of thiazole rings is 1. The van der Waals surface area contributed by atoms with E-state index in [0.717, 1.165) is 11.8 Å². The summed E-state index contributed by atoms with van der Waals surface area (Å²) in [4.78, 5) is 3.32. The van der Waals surface area contributed by atoms with Crippen molar-refractivity contribution in [1.82, 2.24) is 14.8 Å². The molecule has 0 unspecified atom stereocenters. The van der Waals surface area contributed by atoms with Crippen LogP contribution >= 0.6 is 11.3 Å². The van der Waals surface area contributed by atoms with Crippen LogP contribution in [0.2, 0.25) is 0 Å². The maximum Gasteiger partial charge on any atom is 0.443 e. The maximum atomic E-state index is 12.4. The molecule has 2 heterocycles. The first-order chi connectivity index (χ1) is 7.91. The summed E-state index contributed by atoms with van der Waals surface area (Å²) in [6.07, 6.45) is -0.992. The fraction of sp³-hybridized carbons (Fsp3) is 0.333. The number of hydrogen-bond donors (Lipinski definition) is 1. The van der Waals surface area contributed by atoms with E-state index in [1.54, 1.807) is 6.20 Å². The van der Waals surface area contributed by atoms with E-state index in [9.17, 15) is 13.2 Å². The van der Waals surface area contributed by atoms with Crippen LogP contribution in [0.25, 0.3) is 5.00 Å². The van der Waals surface area contributed by atoms with Gasteiger partial charge in [0.15, 0.2) is 5.01 Å². The van der Waals surface area contributed by atoms with E-state index in [4.69, 9.17) is 5.73 Å². The van der Waals surface area contributed by atoms with Crippen molar-refractivity contribution >= 4 is 17.2 Å². The van der Waals surface area contributed by atoms with E-state index in [1.807, 2.05) is 6.92 Å². The summed E-state index contributed by atoms with van der Waals surface area (Å²) in [5, 5.41) is 3.35. The zero-order chi connectivity index (χ0) is 12.6. The summed E-state index contributed by atoms with van der Waals surface area (Å²) in [6.45, 7) is 1.89. The minimum Gasteiger partial charge on any atom is -0.382 e. The molecular formula is C9H9F3N4S. The number of aromatic nitrogens is 3. The van der Waals surface area contributed by atoms with Crippen LogP contribution in [-0.2, 0) is 12.6 Å². The van der Waals surface area contributed by atoms with Gasteiger partial charge in [0.2, 0.25) is 0 Å². The molecule has 2 aromatic rings. The van der Waals surface area contributed by atoms with E-state index in [0.29, 0.717) is 28.6 Å². The highest BCUT2D eigenvalue weighted by Crippen LogP contribution is 2.33. The molecule has 2 N–H and O–H groups in total. The van der Waals surface area contributed by atoms with Crippen molar-refractivity contribution in [2.24, 2.45) is 0 Å². The molecule has 0 saturated carbocycles. The molecule has 0 aliphatic heterocycles. The second kappa shape index (κ2) is 4.02. The van der Waals surface area contributed by atoms with E-state index in [2.05, 4.69) is 10.1 Å². The van der Waals surface area contributed by atoms with Gasteiger partial charge in [0.25, 0.3) is 0 Å². The van der Waals surface area contributed by atoms with E-state index >= 15 is 0 Å². The lowest BCUT2D eigenvalue weighted by atomic mass is 10.3. The minimum atomic E-state index is -4.42. The van der Waals surface area contributed by atoms with Gasteiger partial charge in [0.05, 0.1) is 6.20 Å². The SMILES string of the molecule is CCc1cn(-c2cnc(C(F)(F)F)s2)nc1N. The van der Waals surface area contributed by atoms with Crippen molar-refractivity contribution in [3.8, 4) is 5.00 Å². The van der Waals surface area contributed by atoms with Crippen LogP contribution in [0.5, 0.6) is 0 Å². The summed E-state index contributed by atoms with van der Waals surface area (Å²) >= 11 is 0.534. The van der Waals surface area contributed by atoms with Gasteiger partial charge in [0.1, 0.15) is 10.8 Å². The Morgan fingerprint density at radius 3 is 2.65 bits per heavy atom. The zero-order valence-electron chi connectivity index (χ0n) is 8.82. The van der Waals surface area contributed by atoms with Crippen LogP contribution in [0.3, 0.4) is 0 Å². The monoisotopic (exact) mass is 262 g/mol. The Kier molecular flexibility index (Phi) is 2.82. The number of rotatable bonds is 2. The van der Waals surface area contributed by atoms with Crippen LogP contribution in [0.4, 0.5) is 19.0 Å². The Bertz CT molecular complexity index is 529. The maximum absolute atomic E-state index is 12.4. The van der Waals surface area contributed by atoms with Crippen molar-refractivity contribution in [3.63, 3.8) is 0 Å². The lowest BCUT2D eigenvalue weighted by Crippen LogP contribution is -2.02. The van der Waals surface area contributed by atoms with Crippen LogP contribution in [0.1, 0.15) is 17.5 Å². The Hall–Kier alpha value is -1.57. The number of anilines is 1. The summed E-state index contributed by atoms with van der Waals surface area (Å²) in [6, 6.07) is 0. The molecular weight excluding hydrogens is 253 g/mol. The number of halogens is 3. The van der Waals surface area contributed by atoms with Crippen molar-refractivity contribution in [2.45, 2.75) is 19.5 Å². The highest BCUT2D eigenvalue weighted by atomic mass is 32.1. The first-order valence-corrected chi connectivity index (χ1v) is 5.61. The molecule has 4 nitrogen and oxygen atoms in total. The number of aryl methyl sites for hydroxylation is 1. The molecule has 0 fully saturated rings. The molecule has 8 heteroatoms. The molecule has 0 bridgehead atoms. The van der Waals surface area contributed by atoms with Crippen LogP contribution in [0, 0.1) is 0 Å². The van der Waals surface area contributed by atoms with Gasteiger partial charge in [-0.25, -0.2) is 9.67 Å². The highest BCUT2D eigenvalue weighted by molar-refractivity contribution is 7.14. The summed E-state index contributed by atoms with van der Waals surface area (Å²) in [7, 11) is 0. The van der Waals surface area contributed by atoms with Gasteiger partial charge in [-0.15, -0.1) is 5.10 Å². The molecule has 0 atom stereocenters. The predicted octanol–water partition coefficient (Wildman–Crippen LogP) is 2.49. The molecule has 0 aliphatic carbocycles. The Morgan fingerprint density at radius 2 is 2.18 bits per heavy atom. The second-order valence-electron chi connectivity index (χ2n) is 3.34. The molecule has 0 aliphatic rings. The quantitative estimate of drug-likeness (QED) is 0.904. The lowest BCUT2D eigenvalue weighted by Gasteiger charge is -1.98. The largest absolute Gasteiger partial charge is 0.443 e. The number of nitrogens with zero attached hydrogens (tertiary/aromatic N) is 3. The standard InChI is InChI=1S/C9H9F3N4S/c1-2-5-4-16(15-7(5)13)6-3-14-8(17-6)9(10,11)12/h3-4H,2H2,1H3,(H2,13,15). The smallest absolute Gasteiger partial charge is 0.382 e. The predicted molar refractivity (Wildman–Crippen MR) is 58.0 cm³/mol. The van der Waals surface area contributed by atoms with Gasteiger partial charge in [-0.2, -0.15) is 13.2 Å². The van der Waals surface area contributed by atoms with E-state index < -0.39 is 11.2 Å². The normalized spacial score (nSPS) is 12.0. The molecule has 0 amide bonds. The molecule has 2 aromatic heterocycles. The van der Waals surface area contributed by atoms with Gasteiger partial charge in [-0.1, -0.05) is 18.3 Å². The Morgan fingerprint density at radius 1 is 1.47 bits per heavy atom. The van der Waals surface area contributed by atoms with Crippen molar-refractivity contribution < 1.29 is 13.2 Å². The second-order valence-corrected chi connectivity index (χ2v) is 4.35. The van der Waals surface area contributed by atoms with E-state index in [1.165, 1.54) is 4.68 Å². The minimum absolute atomic E-state index is 0.295. The molecule has 0 spiro atoms. The van der Waals surface area contributed by atoms with Gasteiger partial charge >= 0.3 is 6.18 Å². The average Bonchev–Trinajstić information content (AvgIpc) is 2.82. The summed E-state index contributed by atoms with van der Waals surface area (Å²) < 4.78 is 38.4. The summed E-state index contributed by atoms with van der Waals surface area (Å²) in [5.41, 5.74) is 6.41. The average molecular weight is 262 g/mol. The Balaban J connectivity index is 2.37. The fourth-order valence-electron chi connectivity index (χ4n) is 1.31. The zero-order valence-corrected chi connectivity index (χ0v) is 9.64. The molecule has 0 radical (unpaired) electrons. The lowest BCUT2D eigenvalue weighted by molar-refractivity contribution is -0.137. The topological polar surface area (TPSA) is 56.7 Å². The van der Waals surface area contributed by atoms with E-state index in [-0.39, 0.29) is 0 Å². The van der Waals surface area contributed by atoms with Gasteiger partial charge < -0.3 is 5.73 Å². The third-order valence-electron chi connectivity index (χ3n) is 2.17. The first-order valence-electron chi connectivity index (χ1n) is 4.79. The number of alkyl halides is 3.